The summed E-state index contributed by atoms with van der Waals surface area (Å²) < 4.78 is 0. The van der Waals surface area contributed by atoms with Crippen LogP contribution < -0.4 is 5.32 Å². The van der Waals surface area contributed by atoms with Crippen molar-refractivity contribution in [1.29, 1.82) is 0 Å². The molecule has 0 radical (unpaired) electrons. The lowest BCUT2D eigenvalue weighted by molar-refractivity contribution is 0.689. The molecule has 0 saturated heterocycles. The molecule has 0 saturated carbocycles. The van der Waals surface area contributed by atoms with Gasteiger partial charge in [0, 0.05) is 6.54 Å². The summed E-state index contributed by atoms with van der Waals surface area (Å²) in [6.07, 6.45) is 7.44. The van der Waals surface area contributed by atoms with Gasteiger partial charge in [-0.25, -0.2) is 0 Å². The summed E-state index contributed by atoms with van der Waals surface area (Å²) in [7, 11) is 0. The molecule has 0 aliphatic carbocycles. The van der Waals surface area contributed by atoms with Crippen molar-refractivity contribution in [2.75, 3.05) is 6.54 Å². The normalized spacial score (nSPS) is 12.7. The number of nitrogens with one attached hydrogen (secondary N) is 1. The molecule has 1 atom stereocenters. The molecule has 1 N–H and O–H groups in total. The molecule has 0 heterocycles. The smallest absolute Gasteiger partial charge is 0.0112 e. The van der Waals surface area contributed by atoms with Crippen LogP contribution in [0, 0.1) is 5.92 Å². The molecular formula is C14H25N. The molecule has 0 aromatic carbocycles. The first-order chi connectivity index (χ1) is 7.13. The molecular weight excluding hydrogens is 182 g/mol. The Bertz CT molecular complexity index is 225. The van der Waals surface area contributed by atoms with Crippen LogP contribution in [0.15, 0.2) is 36.6 Å². The monoisotopic (exact) mass is 207 g/mol. The van der Waals surface area contributed by atoms with E-state index in [0.29, 0.717) is 5.92 Å². The Labute approximate surface area is 95.0 Å². The van der Waals surface area contributed by atoms with Crippen LogP contribution in [0.25, 0.3) is 0 Å². The molecule has 1 unspecified atom stereocenters. The first kappa shape index (κ1) is 14.0. The summed E-state index contributed by atoms with van der Waals surface area (Å²) in [4.78, 5) is 0. The third-order valence-electron chi connectivity index (χ3n) is 2.53. The van der Waals surface area contributed by atoms with Gasteiger partial charge in [-0.15, -0.1) is 0 Å². The highest BCUT2D eigenvalue weighted by Gasteiger charge is 2.07. The molecule has 0 bridgehead atoms. The number of hydrogen-bond donors (Lipinski definition) is 1. The SMILES string of the molecule is C=C(CCC)C(=C)C(C)C/C=C/NCC. The number of rotatable bonds is 8. The van der Waals surface area contributed by atoms with E-state index < -0.39 is 0 Å². The van der Waals surface area contributed by atoms with Crippen molar-refractivity contribution in [3.8, 4) is 0 Å². The number of hydrogen-bond acceptors (Lipinski definition) is 1. The predicted octanol–water partition coefficient (Wildman–Crippen LogP) is 4.05. The van der Waals surface area contributed by atoms with Crippen LogP contribution in [0.3, 0.4) is 0 Å². The molecule has 1 heteroatoms. The molecule has 0 rings (SSSR count). The Hall–Kier alpha value is -0.980. The predicted molar refractivity (Wildman–Crippen MR) is 69.8 cm³/mol. The molecule has 0 aromatic heterocycles. The van der Waals surface area contributed by atoms with Crippen molar-refractivity contribution < 1.29 is 0 Å². The van der Waals surface area contributed by atoms with Crippen molar-refractivity contribution in [3.05, 3.63) is 36.6 Å². The Kier molecular flexibility index (Phi) is 7.79. The minimum atomic E-state index is 0.499. The second kappa shape index (κ2) is 8.34. The van der Waals surface area contributed by atoms with Gasteiger partial charge in [-0.1, -0.05) is 45.1 Å². The topological polar surface area (TPSA) is 12.0 Å². The molecule has 1 nitrogen and oxygen atoms in total. The molecule has 0 amide bonds. The van der Waals surface area contributed by atoms with Gasteiger partial charge in [-0.05, 0) is 37.5 Å². The van der Waals surface area contributed by atoms with Crippen LogP contribution in [-0.4, -0.2) is 6.54 Å². The summed E-state index contributed by atoms with van der Waals surface area (Å²) in [5, 5.41) is 3.16. The van der Waals surface area contributed by atoms with Gasteiger partial charge >= 0.3 is 0 Å². The van der Waals surface area contributed by atoms with E-state index in [0.717, 1.165) is 25.8 Å². The van der Waals surface area contributed by atoms with E-state index in [1.54, 1.807) is 0 Å². The molecule has 0 aliphatic heterocycles. The maximum atomic E-state index is 4.12. The highest BCUT2D eigenvalue weighted by atomic mass is 14.8. The van der Waals surface area contributed by atoms with E-state index in [1.165, 1.54) is 11.1 Å². The first-order valence-electron chi connectivity index (χ1n) is 5.88. The average Bonchev–Trinajstić information content (AvgIpc) is 2.23. The lowest BCUT2D eigenvalue weighted by atomic mass is 9.91. The molecule has 0 fully saturated rings. The highest BCUT2D eigenvalue weighted by molar-refractivity contribution is 5.27. The van der Waals surface area contributed by atoms with Gasteiger partial charge < -0.3 is 5.32 Å². The van der Waals surface area contributed by atoms with Gasteiger partial charge in [-0.3, -0.25) is 0 Å². The summed E-state index contributed by atoms with van der Waals surface area (Å²) in [6.45, 7) is 15.6. The third kappa shape index (κ3) is 6.16. The lowest BCUT2D eigenvalue weighted by Crippen LogP contribution is -2.03. The van der Waals surface area contributed by atoms with Crippen LogP contribution >= 0.6 is 0 Å². The summed E-state index contributed by atoms with van der Waals surface area (Å²) in [5.74, 6) is 0.499. The second-order valence-electron chi connectivity index (χ2n) is 3.98. The first-order valence-corrected chi connectivity index (χ1v) is 5.88. The molecule has 86 valence electrons. The molecule has 0 aromatic rings. The van der Waals surface area contributed by atoms with E-state index in [2.05, 4.69) is 45.3 Å². The largest absolute Gasteiger partial charge is 0.391 e. The fraction of sp³-hybridized carbons (Fsp3) is 0.571. The van der Waals surface area contributed by atoms with Gasteiger partial charge in [0.15, 0.2) is 0 Å². The lowest BCUT2D eigenvalue weighted by Gasteiger charge is -2.14. The Morgan fingerprint density at radius 2 is 2.00 bits per heavy atom. The molecule has 0 aliphatic rings. The van der Waals surface area contributed by atoms with E-state index >= 15 is 0 Å². The van der Waals surface area contributed by atoms with Gasteiger partial charge in [0.25, 0.3) is 0 Å². The maximum Gasteiger partial charge on any atom is 0.0112 e. The average molecular weight is 207 g/mol. The van der Waals surface area contributed by atoms with Gasteiger partial charge in [0.2, 0.25) is 0 Å². The highest BCUT2D eigenvalue weighted by Crippen LogP contribution is 2.22. The number of allylic oxidation sites excluding steroid dienone is 3. The second-order valence-corrected chi connectivity index (χ2v) is 3.98. The van der Waals surface area contributed by atoms with Crippen LogP contribution in [-0.2, 0) is 0 Å². The van der Waals surface area contributed by atoms with Crippen molar-refractivity contribution >= 4 is 0 Å². The summed E-state index contributed by atoms with van der Waals surface area (Å²) >= 11 is 0. The van der Waals surface area contributed by atoms with Gasteiger partial charge in [0.1, 0.15) is 0 Å². The van der Waals surface area contributed by atoms with E-state index in [1.807, 2.05) is 6.20 Å². The van der Waals surface area contributed by atoms with E-state index in [4.69, 9.17) is 0 Å². The fourth-order valence-electron chi connectivity index (χ4n) is 1.43. The third-order valence-corrected chi connectivity index (χ3v) is 2.53. The van der Waals surface area contributed by atoms with E-state index in [-0.39, 0.29) is 0 Å². The van der Waals surface area contributed by atoms with Crippen LogP contribution in [0.5, 0.6) is 0 Å². The van der Waals surface area contributed by atoms with Crippen LogP contribution in [0.2, 0.25) is 0 Å². The zero-order chi connectivity index (χ0) is 11.7. The van der Waals surface area contributed by atoms with Crippen LogP contribution in [0.4, 0.5) is 0 Å². The standard InChI is InChI=1S/C14H25N/c1-6-9-12(3)14(5)13(4)10-8-11-15-7-2/h8,11,13,15H,3,5-7,9-10H2,1-2,4H3/b11-8+. The minimum absolute atomic E-state index is 0.499. The van der Waals surface area contributed by atoms with E-state index in [9.17, 15) is 0 Å². The quantitative estimate of drug-likeness (QED) is 0.592. The maximum absolute atomic E-state index is 4.12. The van der Waals surface area contributed by atoms with Crippen molar-refractivity contribution in [1.82, 2.24) is 5.32 Å². The minimum Gasteiger partial charge on any atom is -0.391 e. The summed E-state index contributed by atoms with van der Waals surface area (Å²) in [6, 6.07) is 0. The van der Waals surface area contributed by atoms with Crippen molar-refractivity contribution in [2.45, 2.75) is 40.0 Å². The fourth-order valence-corrected chi connectivity index (χ4v) is 1.43. The van der Waals surface area contributed by atoms with Gasteiger partial charge in [-0.2, -0.15) is 0 Å². The van der Waals surface area contributed by atoms with Crippen molar-refractivity contribution in [2.24, 2.45) is 5.92 Å². The van der Waals surface area contributed by atoms with Crippen LogP contribution in [0.1, 0.15) is 40.0 Å². The Balaban J connectivity index is 3.93. The zero-order valence-corrected chi connectivity index (χ0v) is 10.5. The molecule has 0 spiro atoms. The summed E-state index contributed by atoms with van der Waals surface area (Å²) in [5.41, 5.74) is 2.42. The molecule has 15 heavy (non-hydrogen) atoms. The zero-order valence-electron chi connectivity index (χ0n) is 10.5. The van der Waals surface area contributed by atoms with Crippen molar-refractivity contribution in [3.63, 3.8) is 0 Å². The Morgan fingerprint density at radius 3 is 2.53 bits per heavy atom. The Morgan fingerprint density at radius 1 is 1.33 bits per heavy atom. The van der Waals surface area contributed by atoms with Gasteiger partial charge in [0.05, 0.1) is 0 Å².